The molecule has 4 nitrogen and oxygen atoms in total. The van der Waals surface area contributed by atoms with E-state index in [0.717, 1.165) is 38.9 Å². The largest absolute Gasteiger partial charge is 0.481 e. The average molecular weight is 338 g/mol. The summed E-state index contributed by atoms with van der Waals surface area (Å²) >= 11 is 0. The number of carbonyl (C=O) groups is 1. The molecular formula is C20H34O4. The van der Waals surface area contributed by atoms with Gasteiger partial charge < -0.3 is 14.6 Å². The zero-order valence-electron chi connectivity index (χ0n) is 15.1. The van der Waals surface area contributed by atoms with Gasteiger partial charge >= 0.3 is 5.97 Å². The lowest BCUT2D eigenvalue weighted by molar-refractivity contribution is -0.137. The lowest BCUT2D eigenvalue weighted by Gasteiger charge is -2.27. The monoisotopic (exact) mass is 338 g/mol. The molecule has 1 N–H and O–H groups in total. The Bertz CT molecular complexity index is 393. The molecule has 0 aromatic heterocycles. The van der Waals surface area contributed by atoms with Crippen molar-refractivity contribution in [1.29, 1.82) is 0 Å². The summed E-state index contributed by atoms with van der Waals surface area (Å²) in [5.41, 5.74) is 0. The molecule has 2 rings (SSSR count). The molecule has 0 unspecified atom stereocenters. The molecule has 2 bridgehead atoms. The molecule has 2 aliphatic heterocycles. The predicted molar refractivity (Wildman–Crippen MR) is 95.1 cm³/mol. The van der Waals surface area contributed by atoms with Crippen LogP contribution in [-0.4, -0.2) is 36.5 Å². The highest BCUT2D eigenvalue weighted by molar-refractivity contribution is 5.66. The molecule has 0 saturated carbocycles. The molecule has 0 aromatic rings. The van der Waals surface area contributed by atoms with Crippen LogP contribution in [-0.2, 0) is 14.3 Å². The van der Waals surface area contributed by atoms with Gasteiger partial charge in [-0.3, -0.25) is 4.79 Å². The average Bonchev–Trinajstić information content (AvgIpc) is 3.15. The fraction of sp³-hybridized carbons (Fsp3) is 0.850. The number of hydrogen-bond acceptors (Lipinski definition) is 3. The fourth-order valence-corrected chi connectivity index (χ4v) is 4.14. The van der Waals surface area contributed by atoms with Gasteiger partial charge in [0, 0.05) is 12.3 Å². The standard InChI is InChI=1S/C20H34O4/c1-2-3-4-9-14-23-15-17-16(18-12-13-19(17)24-18)10-7-5-6-8-11-20(21)22/h4,9,16-19H,2-3,5-8,10-15H2,1H3,(H,21,22)/b9-4+/t16-,17+,18-,19+/m1/s1. The van der Waals surface area contributed by atoms with E-state index in [9.17, 15) is 4.79 Å². The van der Waals surface area contributed by atoms with Crippen LogP contribution in [0.5, 0.6) is 0 Å². The van der Waals surface area contributed by atoms with E-state index in [2.05, 4.69) is 19.1 Å². The Kier molecular flexibility index (Phi) is 8.82. The highest BCUT2D eigenvalue weighted by Crippen LogP contribution is 2.45. The molecule has 0 aliphatic carbocycles. The van der Waals surface area contributed by atoms with Gasteiger partial charge in [0.25, 0.3) is 0 Å². The third-order valence-electron chi connectivity index (χ3n) is 5.41. The van der Waals surface area contributed by atoms with Crippen LogP contribution in [0, 0.1) is 11.8 Å². The number of carboxylic acids is 1. The van der Waals surface area contributed by atoms with Crippen LogP contribution in [0.2, 0.25) is 0 Å². The minimum Gasteiger partial charge on any atom is -0.481 e. The van der Waals surface area contributed by atoms with Crippen LogP contribution in [0.4, 0.5) is 0 Å². The minimum atomic E-state index is -0.679. The van der Waals surface area contributed by atoms with Crippen molar-refractivity contribution in [2.24, 2.45) is 11.8 Å². The van der Waals surface area contributed by atoms with E-state index in [-0.39, 0.29) is 0 Å². The third kappa shape index (κ3) is 6.21. The summed E-state index contributed by atoms with van der Waals surface area (Å²) in [6.07, 6.45) is 15.6. The van der Waals surface area contributed by atoms with E-state index in [4.69, 9.17) is 14.6 Å². The Morgan fingerprint density at radius 2 is 1.88 bits per heavy atom. The Labute approximate surface area is 146 Å². The number of rotatable bonds is 13. The molecule has 0 amide bonds. The van der Waals surface area contributed by atoms with Crippen molar-refractivity contribution in [3.63, 3.8) is 0 Å². The topological polar surface area (TPSA) is 55.8 Å². The lowest BCUT2D eigenvalue weighted by atomic mass is 9.77. The first-order valence-corrected chi connectivity index (χ1v) is 9.82. The Morgan fingerprint density at radius 3 is 2.62 bits per heavy atom. The first kappa shape index (κ1) is 19.5. The zero-order chi connectivity index (χ0) is 17.2. The number of allylic oxidation sites excluding steroid dienone is 1. The van der Waals surface area contributed by atoms with Crippen molar-refractivity contribution < 1.29 is 19.4 Å². The second kappa shape index (κ2) is 10.9. The summed E-state index contributed by atoms with van der Waals surface area (Å²) in [7, 11) is 0. The molecule has 2 aliphatic rings. The van der Waals surface area contributed by atoms with Crippen molar-refractivity contribution in [1.82, 2.24) is 0 Å². The molecule has 2 heterocycles. The van der Waals surface area contributed by atoms with Crippen LogP contribution in [0.25, 0.3) is 0 Å². The normalized spacial score (nSPS) is 28.9. The number of fused-ring (bicyclic) bond motifs is 2. The number of hydrogen-bond donors (Lipinski definition) is 1. The molecule has 2 saturated heterocycles. The smallest absolute Gasteiger partial charge is 0.303 e. The van der Waals surface area contributed by atoms with Gasteiger partial charge in [-0.2, -0.15) is 0 Å². The van der Waals surface area contributed by atoms with Gasteiger partial charge in [0.2, 0.25) is 0 Å². The third-order valence-corrected chi connectivity index (χ3v) is 5.41. The van der Waals surface area contributed by atoms with Crippen molar-refractivity contribution in [3.05, 3.63) is 12.2 Å². The van der Waals surface area contributed by atoms with E-state index < -0.39 is 5.97 Å². The second-order valence-electron chi connectivity index (χ2n) is 7.26. The van der Waals surface area contributed by atoms with Gasteiger partial charge in [-0.1, -0.05) is 44.8 Å². The van der Waals surface area contributed by atoms with Crippen molar-refractivity contribution in [2.45, 2.75) is 83.3 Å². The van der Waals surface area contributed by atoms with Crippen LogP contribution in [0.1, 0.15) is 71.1 Å². The fourth-order valence-electron chi connectivity index (χ4n) is 4.14. The SMILES string of the molecule is CCC/C=C/COC[C@H]1[C@@H](CCCCCCC(=O)O)[C@H]2CC[C@@H]1O2. The van der Waals surface area contributed by atoms with Crippen LogP contribution < -0.4 is 0 Å². The molecule has 2 fully saturated rings. The molecule has 24 heavy (non-hydrogen) atoms. The molecule has 138 valence electrons. The molecular weight excluding hydrogens is 304 g/mol. The van der Waals surface area contributed by atoms with Gasteiger partial charge in [0.1, 0.15) is 0 Å². The van der Waals surface area contributed by atoms with Gasteiger partial charge in [-0.15, -0.1) is 0 Å². The van der Waals surface area contributed by atoms with E-state index in [1.807, 2.05) is 0 Å². The minimum absolute atomic E-state index is 0.305. The molecule has 0 aromatic carbocycles. The summed E-state index contributed by atoms with van der Waals surface area (Å²) in [5, 5.41) is 8.66. The number of aliphatic carboxylic acids is 1. The number of ether oxygens (including phenoxy) is 2. The van der Waals surface area contributed by atoms with Crippen LogP contribution >= 0.6 is 0 Å². The number of unbranched alkanes of at least 4 members (excludes halogenated alkanes) is 4. The predicted octanol–water partition coefficient (Wildman–Crippen LogP) is 4.58. The molecule has 4 heteroatoms. The van der Waals surface area contributed by atoms with Gasteiger partial charge in [-0.25, -0.2) is 0 Å². The highest BCUT2D eigenvalue weighted by atomic mass is 16.5. The molecule has 0 spiro atoms. The number of carboxylic acid groups (broad SMARTS) is 1. The molecule has 0 radical (unpaired) electrons. The second-order valence-corrected chi connectivity index (χ2v) is 7.26. The summed E-state index contributed by atoms with van der Waals surface area (Å²) in [4.78, 5) is 10.5. The van der Waals surface area contributed by atoms with Gasteiger partial charge in [-0.05, 0) is 38.0 Å². The van der Waals surface area contributed by atoms with E-state index >= 15 is 0 Å². The zero-order valence-corrected chi connectivity index (χ0v) is 15.1. The van der Waals surface area contributed by atoms with Crippen LogP contribution in [0.15, 0.2) is 12.2 Å². The maximum Gasteiger partial charge on any atom is 0.303 e. The summed E-state index contributed by atoms with van der Waals surface area (Å²) < 4.78 is 12.0. The Balaban J connectivity index is 1.63. The Hall–Kier alpha value is -0.870. The van der Waals surface area contributed by atoms with E-state index in [1.165, 1.54) is 32.1 Å². The quantitative estimate of drug-likeness (QED) is 0.394. The van der Waals surface area contributed by atoms with Crippen molar-refractivity contribution in [2.75, 3.05) is 13.2 Å². The first-order chi connectivity index (χ1) is 11.7. The maximum atomic E-state index is 10.5. The summed E-state index contributed by atoms with van der Waals surface area (Å²) in [6.45, 7) is 3.72. The lowest BCUT2D eigenvalue weighted by Crippen LogP contribution is -2.31. The van der Waals surface area contributed by atoms with E-state index in [1.54, 1.807) is 0 Å². The summed E-state index contributed by atoms with van der Waals surface area (Å²) in [6, 6.07) is 0. The van der Waals surface area contributed by atoms with Crippen LogP contribution in [0.3, 0.4) is 0 Å². The van der Waals surface area contributed by atoms with Crippen molar-refractivity contribution in [3.8, 4) is 0 Å². The highest BCUT2D eigenvalue weighted by Gasteiger charge is 2.48. The van der Waals surface area contributed by atoms with E-state index in [0.29, 0.717) is 30.5 Å². The van der Waals surface area contributed by atoms with Gasteiger partial charge in [0.15, 0.2) is 0 Å². The first-order valence-electron chi connectivity index (χ1n) is 9.82. The Morgan fingerprint density at radius 1 is 1.12 bits per heavy atom. The van der Waals surface area contributed by atoms with Crippen molar-refractivity contribution >= 4 is 5.97 Å². The maximum absolute atomic E-state index is 10.5. The summed E-state index contributed by atoms with van der Waals surface area (Å²) in [5.74, 6) is 0.520. The molecule has 4 atom stereocenters. The van der Waals surface area contributed by atoms with Gasteiger partial charge in [0.05, 0.1) is 25.4 Å².